The zero-order chi connectivity index (χ0) is 59.1. The molecule has 0 heterocycles. The van der Waals surface area contributed by atoms with Crippen LogP contribution >= 0.6 is 0 Å². The van der Waals surface area contributed by atoms with Gasteiger partial charge in [0.05, 0.1) is 6.42 Å². The highest BCUT2D eigenvalue weighted by molar-refractivity contribution is 5.75. The first kappa shape index (κ1) is 71.3. The summed E-state index contributed by atoms with van der Waals surface area (Å²) in [6.07, 6.45) is 11.8. The predicted molar refractivity (Wildman–Crippen MR) is 314 cm³/mol. The number of hydrogen-bond donors (Lipinski definition) is 0. The quantitative estimate of drug-likeness (QED) is 0.0333. The second-order valence-electron chi connectivity index (χ2n) is 24.8. The van der Waals surface area contributed by atoms with E-state index in [2.05, 4.69) is 44.2 Å². The van der Waals surface area contributed by atoms with Crippen molar-refractivity contribution < 1.29 is 57.2 Å². The van der Waals surface area contributed by atoms with Crippen molar-refractivity contribution in [2.75, 3.05) is 0 Å². The number of allylic oxidation sites excluding steroid dienone is 12. The van der Waals surface area contributed by atoms with Crippen LogP contribution in [-0.2, 0) is 57.2 Å². The van der Waals surface area contributed by atoms with Crippen molar-refractivity contribution in [1.82, 2.24) is 0 Å². The molecule has 0 spiro atoms. The zero-order valence-electron chi connectivity index (χ0n) is 52.0. The Morgan fingerprint density at radius 1 is 0.321 bits per heavy atom. The minimum Gasteiger partial charge on any atom is -0.454 e. The summed E-state index contributed by atoms with van der Waals surface area (Å²) in [5, 5.41) is 0. The van der Waals surface area contributed by atoms with Crippen molar-refractivity contribution in [3.63, 3.8) is 0 Å². The summed E-state index contributed by atoms with van der Waals surface area (Å²) in [6.45, 7) is 35.9. The minimum atomic E-state index is -1.68. The van der Waals surface area contributed by atoms with Crippen molar-refractivity contribution in [3.8, 4) is 0 Å². The number of rotatable bonds is 36. The van der Waals surface area contributed by atoms with Crippen molar-refractivity contribution >= 4 is 35.8 Å². The maximum absolute atomic E-state index is 14.5. The Bertz CT molecular complexity index is 1920. The Labute approximate surface area is 473 Å². The molecule has 1 rings (SSSR count). The summed E-state index contributed by atoms with van der Waals surface area (Å²) < 4.78 is 38.7. The van der Waals surface area contributed by atoms with Gasteiger partial charge in [-0.25, -0.2) is 0 Å². The van der Waals surface area contributed by atoms with Gasteiger partial charge in [-0.1, -0.05) is 126 Å². The van der Waals surface area contributed by atoms with Crippen LogP contribution in [-0.4, -0.2) is 72.4 Å². The van der Waals surface area contributed by atoms with E-state index in [1.54, 1.807) is 0 Å². The van der Waals surface area contributed by atoms with Gasteiger partial charge in [-0.3, -0.25) is 28.8 Å². The summed E-state index contributed by atoms with van der Waals surface area (Å²) in [5.41, 5.74) is 5.75. The second kappa shape index (κ2) is 38.8. The van der Waals surface area contributed by atoms with Crippen LogP contribution in [0.1, 0.15) is 234 Å². The first-order valence-electron chi connectivity index (χ1n) is 29.6. The van der Waals surface area contributed by atoms with Crippen LogP contribution in [0.25, 0.3) is 0 Å². The third-order valence-electron chi connectivity index (χ3n) is 13.7. The summed E-state index contributed by atoms with van der Waals surface area (Å²) >= 11 is 0. The highest BCUT2D eigenvalue weighted by Crippen LogP contribution is 2.37. The predicted octanol–water partition coefficient (Wildman–Crippen LogP) is 16.0. The van der Waals surface area contributed by atoms with E-state index in [0.717, 1.165) is 66.4 Å². The van der Waals surface area contributed by atoms with Gasteiger partial charge in [0, 0.05) is 32.1 Å². The van der Waals surface area contributed by atoms with E-state index >= 15 is 0 Å². The van der Waals surface area contributed by atoms with Gasteiger partial charge >= 0.3 is 35.8 Å². The van der Waals surface area contributed by atoms with Crippen molar-refractivity contribution in [3.05, 3.63) is 70.4 Å². The fourth-order valence-electron chi connectivity index (χ4n) is 9.26. The molecule has 1 aliphatic carbocycles. The molecule has 0 bridgehead atoms. The number of esters is 6. The van der Waals surface area contributed by atoms with E-state index in [1.807, 2.05) is 123 Å². The van der Waals surface area contributed by atoms with Crippen LogP contribution in [0.15, 0.2) is 70.4 Å². The molecule has 1 fully saturated rings. The van der Waals surface area contributed by atoms with Crippen LogP contribution in [0.4, 0.5) is 0 Å². The lowest BCUT2D eigenvalue weighted by Gasteiger charge is -2.47. The lowest BCUT2D eigenvalue weighted by atomic mass is 9.83. The Balaban J connectivity index is 4.41. The molecule has 0 amide bonds. The van der Waals surface area contributed by atoms with Gasteiger partial charge in [0.1, 0.15) is 0 Å². The topological polar surface area (TPSA) is 158 Å². The second-order valence-corrected chi connectivity index (χ2v) is 24.8. The van der Waals surface area contributed by atoms with E-state index in [4.69, 9.17) is 28.4 Å². The molecule has 1 saturated carbocycles. The Hall–Kier alpha value is -4.74. The molecule has 0 aromatic heterocycles. The molecule has 0 radical (unpaired) electrons. The third-order valence-corrected chi connectivity index (χ3v) is 13.7. The summed E-state index contributed by atoms with van der Waals surface area (Å²) in [4.78, 5) is 86.9. The molecule has 12 heteroatoms. The van der Waals surface area contributed by atoms with Gasteiger partial charge in [0.25, 0.3) is 0 Å². The van der Waals surface area contributed by atoms with Crippen LogP contribution in [0.3, 0.4) is 0 Å². The lowest BCUT2D eigenvalue weighted by molar-refractivity contribution is -0.262. The maximum Gasteiger partial charge on any atom is 0.306 e. The molecule has 0 N–H and O–H groups in total. The summed E-state index contributed by atoms with van der Waals surface area (Å²) in [5.74, 6) is -4.85. The third kappa shape index (κ3) is 33.0. The highest BCUT2D eigenvalue weighted by atomic mass is 16.7. The van der Waals surface area contributed by atoms with Crippen molar-refractivity contribution in [2.45, 2.75) is 270 Å². The molecule has 10 atom stereocenters. The molecule has 0 saturated heterocycles. The highest BCUT2D eigenvalue weighted by Gasteiger charge is 2.61. The smallest absolute Gasteiger partial charge is 0.306 e. The number of ether oxygens (including phenoxy) is 6. The van der Waals surface area contributed by atoms with E-state index < -0.39 is 72.4 Å². The first-order valence-corrected chi connectivity index (χ1v) is 29.6. The normalized spacial score (nSPS) is 20.3. The maximum atomic E-state index is 14.5. The van der Waals surface area contributed by atoms with Gasteiger partial charge in [-0.05, 0) is 181 Å². The van der Waals surface area contributed by atoms with Crippen molar-refractivity contribution in [2.24, 2.45) is 41.4 Å². The fourth-order valence-corrected chi connectivity index (χ4v) is 9.26. The molecular formula is C66H108O12. The summed E-state index contributed by atoms with van der Waals surface area (Å²) in [6, 6.07) is 0. The van der Waals surface area contributed by atoms with E-state index in [0.29, 0.717) is 38.0 Å². The summed E-state index contributed by atoms with van der Waals surface area (Å²) in [7, 11) is 0. The molecule has 1 aliphatic rings. The Morgan fingerprint density at radius 2 is 0.513 bits per heavy atom. The Morgan fingerprint density at radius 3 is 0.692 bits per heavy atom. The first-order chi connectivity index (χ1) is 36.6. The van der Waals surface area contributed by atoms with Gasteiger partial charge in [0.15, 0.2) is 36.6 Å². The largest absolute Gasteiger partial charge is 0.454 e. The minimum absolute atomic E-state index is 0.0564. The van der Waals surface area contributed by atoms with Crippen LogP contribution in [0.5, 0.6) is 0 Å². The molecule has 444 valence electrons. The average molecular weight is 1090 g/mol. The molecule has 0 aliphatic heterocycles. The van der Waals surface area contributed by atoms with E-state index in [9.17, 15) is 28.8 Å². The van der Waals surface area contributed by atoms with Gasteiger partial charge < -0.3 is 28.4 Å². The van der Waals surface area contributed by atoms with Crippen LogP contribution < -0.4 is 0 Å². The number of hydrogen-bond acceptors (Lipinski definition) is 12. The fraction of sp³-hybridized carbons (Fsp3) is 0.727. The molecule has 10 unspecified atom stereocenters. The Kier molecular flexibility index (Phi) is 35.4. The molecule has 12 nitrogen and oxygen atoms in total. The van der Waals surface area contributed by atoms with Crippen LogP contribution in [0, 0.1) is 41.4 Å². The monoisotopic (exact) mass is 1090 g/mol. The van der Waals surface area contributed by atoms with E-state index in [1.165, 1.54) is 0 Å². The molecule has 78 heavy (non-hydrogen) atoms. The standard InChI is InChI=1S/C66H108O12/c1-43(2)25-19-31-49(13)37-55(67)73-61-62(74-56(68)38-50(14)32-20-26-44(3)4)64(76-58(70)40-52(16)34-22-28-46(7)8)66(78-60(72)42-54(18)36-24-30-48(11)12)65(77-59(71)41-53(17)35-23-29-47(9)10)63(61)75-57(69)39-51(15)33-21-27-45(5)6/h19,26-31,43,49-54,61-66H,20-25,32-42H2,1-18H3/b31-19+. The number of carbonyl (C=O) groups excluding carboxylic acids is 6. The average Bonchev–Trinajstić information content (AvgIpc) is 3.28. The van der Waals surface area contributed by atoms with Gasteiger partial charge in [-0.15, -0.1) is 0 Å². The van der Waals surface area contributed by atoms with Crippen molar-refractivity contribution in [1.29, 1.82) is 0 Å². The van der Waals surface area contributed by atoms with E-state index in [-0.39, 0.29) is 74.0 Å². The zero-order valence-corrected chi connectivity index (χ0v) is 52.0. The molecular weight excluding hydrogens is 985 g/mol. The number of carbonyl (C=O) groups is 6. The molecule has 0 aromatic carbocycles. The SMILES string of the molecule is CC(C)=CCCC(C)CC(=O)OC1C(OC(=O)CC(C)/C=C/CC(C)C)C(OC(=O)CC(C)CCC=C(C)C)C(OC(=O)CC(C)CCC=C(C)C)C(OC(=O)CC(C)CCC=C(C)C)C1OC(=O)CC(C)CCC=C(C)C. The van der Waals surface area contributed by atoms with Gasteiger partial charge in [-0.2, -0.15) is 0 Å². The lowest BCUT2D eigenvalue weighted by Crippen LogP contribution is -2.69. The molecule has 0 aromatic rings. The van der Waals surface area contributed by atoms with Crippen LogP contribution in [0.2, 0.25) is 0 Å². The van der Waals surface area contributed by atoms with Gasteiger partial charge in [0.2, 0.25) is 0 Å².